The van der Waals surface area contributed by atoms with Crippen molar-refractivity contribution in [3.05, 3.63) is 29.7 Å². The summed E-state index contributed by atoms with van der Waals surface area (Å²) in [4.78, 5) is 20.0. The summed E-state index contributed by atoms with van der Waals surface area (Å²) in [7, 11) is 0.819. The van der Waals surface area contributed by atoms with Crippen LogP contribution < -0.4 is 4.52 Å². The van der Waals surface area contributed by atoms with Gasteiger partial charge in [-0.15, -0.1) is 0 Å². The molecular formula is C13H18FN2O4P. The number of rotatable bonds is 5. The smallest absolute Gasteiger partial charge is 0.404 e. The predicted octanol–water partition coefficient (Wildman–Crippen LogP) is 1.89. The summed E-state index contributed by atoms with van der Waals surface area (Å²) >= 11 is 0. The van der Waals surface area contributed by atoms with Crippen LogP contribution in [-0.4, -0.2) is 39.9 Å². The molecule has 0 unspecified atom stereocenters. The van der Waals surface area contributed by atoms with Crippen LogP contribution in [0.1, 0.15) is 5.56 Å². The van der Waals surface area contributed by atoms with E-state index in [1.807, 2.05) is 19.0 Å². The lowest BCUT2D eigenvalue weighted by Crippen LogP contribution is -2.14. The number of phosphoric acid groups is 1. The van der Waals surface area contributed by atoms with E-state index in [9.17, 15) is 8.96 Å². The first-order valence-corrected chi connectivity index (χ1v) is 7.88. The molecule has 8 heteroatoms. The van der Waals surface area contributed by atoms with E-state index in [0.717, 1.165) is 18.2 Å². The Bertz CT molecular complexity index is 708. The standard InChI is InChI=1S/C13H18FN2O4P/c1-15(2)7-6-9-8-16(3)13-10(14)4-5-11(12(9)13)20-21(17,18)19/h4-5,8H,6-7H2,1-3H3,(H2,17,18,19). The molecule has 1 heterocycles. The summed E-state index contributed by atoms with van der Waals surface area (Å²) in [6.45, 7) is 0.727. The van der Waals surface area contributed by atoms with Crippen molar-refractivity contribution in [3.63, 3.8) is 0 Å². The molecule has 0 aliphatic carbocycles. The van der Waals surface area contributed by atoms with Crippen LogP contribution in [0.2, 0.25) is 0 Å². The van der Waals surface area contributed by atoms with Gasteiger partial charge < -0.3 is 14.0 Å². The van der Waals surface area contributed by atoms with Gasteiger partial charge in [-0.05, 0) is 38.2 Å². The second kappa shape index (κ2) is 5.77. The van der Waals surface area contributed by atoms with Crippen molar-refractivity contribution in [1.82, 2.24) is 9.47 Å². The van der Waals surface area contributed by atoms with E-state index in [-0.39, 0.29) is 11.3 Å². The van der Waals surface area contributed by atoms with Gasteiger partial charge in [0, 0.05) is 25.2 Å². The normalized spacial score (nSPS) is 12.3. The molecule has 0 atom stereocenters. The monoisotopic (exact) mass is 316 g/mol. The highest BCUT2D eigenvalue weighted by molar-refractivity contribution is 7.46. The Kier molecular flexibility index (Phi) is 4.39. The fourth-order valence-corrected chi connectivity index (χ4v) is 2.71. The number of fused-ring (bicyclic) bond motifs is 1. The van der Waals surface area contributed by atoms with E-state index in [4.69, 9.17) is 14.3 Å². The van der Waals surface area contributed by atoms with E-state index in [1.165, 1.54) is 6.07 Å². The van der Waals surface area contributed by atoms with Crippen LogP contribution in [-0.2, 0) is 18.0 Å². The SMILES string of the molecule is CN(C)CCc1cn(C)c2c(F)ccc(OP(=O)(O)O)c12. The number of hydrogen-bond donors (Lipinski definition) is 2. The van der Waals surface area contributed by atoms with Crippen molar-refractivity contribution >= 4 is 18.7 Å². The van der Waals surface area contributed by atoms with Crippen molar-refractivity contribution in [2.24, 2.45) is 7.05 Å². The van der Waals surface area contributed by atoms with Gasteiger partial charge >= 0.3 is 7.82 Å². The number of hydrogen-bond acceptors (Lipinski definition) is 3. The summed E-state index contributed by atoms with van der Waals surface area (Å²) in [6, 6.07) is 2.39. The van der Waals surface area contributed by atoms with Gasteiger partial charge in [-0.1, -0.05) is 0 Å². The first-order valence-electron chi connectivity index (χ1n) is 6.35. The maximum absolute atomic E-state index is 14.0. The molecule has 2 aromatic rings. The van der Waals surface area contributed by atoms with Gasteiger partial charge in [0.15, 0.2) is 0 Å². The second-order valence-corrected chi connectivity index (χ2v) is 6.33. The summed E-state index contributed by atoms with van der Waals surface area (Å²) < 4.78 is 31.4. The number of likely N-dealkylation sites (N-methyl/N-ethyl adjacent to an activating group) is 1. The third-order valence-electron chi connectivity index (χ3n) is 3.16. The maximum atomic E-state index is 14.0. The fourth-order valence-electron chi connectivity index (χ4n) is 2.30. The van der Waals surface area contributed by atoms with Gasteiger partial charge in [0.25, 0.3) is 0 Å². The molecule has 6 nitrogen and oxygen atoms in total. The van der Waals surface area contributed by atoms with E-state index < -0.39 is 13.6 Å². The highest BCUT2D eigenvalue weighted by Gasteiger charge is 2.22. The lowest BCUT2D eigenvalue weighted by atomic mass is 10.1. The summed E-state index contributed by atoms with van der Waals surface area (Å²) in [5, 5.41) is 0.405. The molecule has 0 spiro atoms. The first-order chi connectivity index (χ1) is 9.69. The van der Waals surface area contributed by atoms with Crippen molar-refractivity contribution in [3.8, 4) is 5.75 Å². The van der Waals surface area contributed by atoms with Crippen LogP contribution in [0.4, 0.5) is 4.39 Å². The van der Waals surface area contributed by atoms with Crippen LogP contribution in [0.25, 0.3) is 10.9 Å². The van der Waals surface area contributed by atoms with Crippen molar-refractivity contribution in [2.45, 2.75) is 6.42 Å². The van der Waals surface area contributed by atoms with Crippen LogP contribution in [0.15, 0.2) is 18.3 Å². The zero-order valence-corrected chi connectivity index (χ0v) is 13.0. The largest absolute Gasteiger partial charge is 0.524 e. The van der Waals surface area contributed by atoms with E-state index in [1.54, 1.807) is 17.8 Å². The molecule has 2 N–H and O–H groups in total. The number of halogens is 1. The summed E-state index contributed by atoms with van der Waals surface area (Å²) in [6.07, 6.45) is 2.37. The fraction of sp³-hybridized carbons (Fsp3) is 0.385. The lowest BCUT2D eigenvalue weighted by Gasteiger charge is -2.11. The Hall–Kier alpha value is -1.40. The zero-order chi connectivity index (χ0) is 15.8. The molecule has 0 saturated heterocycles. The Labute approximate surface area is 122 Å². The molecule has 21 heavy (non-hydrogen) atoms. The number of aromatic nitrogens is 1. The highest BCUT2D eigenvalue weighted by atomic mass is 31.2. The lowest BCUT2D eigenvalue weighted by molar-refractivity contribution is 0.284. The third-order valence-corrected chi connectivity index (χ3v) is 3.59. The minimum Gasteiger partial charge on any atom is -0.404 e. The minimum atomic E-state index is -4.70. The second-order valence-electron chi connectivity index (χ2n) is 5.17. The minimum absolute atomic E-state index is 0.00547. The number of benzene rings is 1. The van der Waals surface area contributed by atoms with Crippen LogP contribution in [0.5, 0.6) is 5.75 Å². The third kappa shape index (κ3) is 3.63. The Balaban J connectivity index is 2.58. The molecule has 116 valence electrons. The first kappa shape index (κ1) is 16.0. The van der Waals surface area contributed by atoms with Crippen LogP contribution in [0.3, 0.4) is 0 Å². The van der Waals surface area contributed by atoms with E-state index in [0.29, 0.717) is 11.8 Å². The Morgan fingerprint density at radius 2 is 2.05 bits per heavy atom. The summed E-state index contributed by atoms with van der Waals surface area (Å²) in [5.74, 6) is -0.462. The molecule has 0 bridgehead atoms. The molecule has 2 rings (SSSR count). The Morgan fingerprint density at radius 1 is 1.38 bits per heavy atom. The van der Waals surface area contributed by atoms with Crippen LogP contribution >= 0.6 is 7.82 Å². The molecule has 1 aromatic heterocycles. The zero-order valence-electron chi connectivity index (χ0n) is 12.1. The number of aryl methyl sites for hydroxylation is 1. The molecule has 0 amide bonds. The number of phosphoric ester groups is 1. The van der Waals surface area contributed by atoms with E-state index >= 15 is 0 Å². The quantitative estimate of drug-likeness (QED) is 0.824. The maximum Gasteiger partial charge on any atom is 0.524 e. The van der Waals surface area contributed by atoms with Crippen molar-refractivity contribution in [2.75, 3.05) is 20.6 Å². The molecule has 0 aliphatic heterocycles. The number of nitrogens with zero attached hydrogens (tertiary/aromatic N) is 2. The van der Waals surface area contributed by atoms with Gasteiger partial charge in [0.1, 0.15) is 11.6 Å². The molecule has 0 saturated carbocycles. The van der Waals surface area contributed by atoms with Crippen molar-refractivity contribution < 1.29 is 23.3 Å². The van der Waals surface area contributed by atoms with Crippen molar-refractivity contribution in [1.29, 1.82) is 0 Å². The van der Waals surface area contributed by atoms with Gasteiger partial charge in [-0.2, -0.15) is 0 Å². The molecule has 0 fully saturated rings. The average molecular weight is 316 g/mol. The van der Waals surface area contributed by atoms with Gasteiger partial charge in [-0.25, -0.2) is 8.96 Å². The predicted molar refractivity (Wildman–Crippen MR) is 77.8 cm³/mol. The highest BCUT2D eigenvalue weighted by Crippen LogP contribution is 2.42. The van der Waals surface area contributed by atoms with Gasteiger partial charge in [0.05, 0.1) is 5.52 Å². The molecule has 0 radical (unpaired) electrons. The molecule has 0 aliphatic rings. The molecular weight excluding hydrogens is 298 g/mol. The van der Waals surface area contributed by atoms with Crippen LogP contribution in [0, 0.1) is 5.82 Å². The van der Waals surface area contributed by atoms with Gasteiger partial charge in [0.2, 0.25) is 0 Å². The topological polar surface area (TPSA) is 74.9 Å². The average Bonchev–Trinajstić information content (AvgIpc) is 2.67. The summed E-state index contributed by atoms with van der Waals surface area (Å²) in [5.41, 5.74) is 1.05. The molecule has 1 aromatic carbocycles. The van der Waals surface area contributed by atoms with E-state index in [2.05, 4.69) is 0 Å². The Morgan fingerprint density at radius 3 is 2.62 bits per heavy atom. The van der Waals surface area contributed by atoms with Gasteiger partial charge in [-0.3, -0.25) is 9.79 Å².